The van der Waals surface area contributed by atoms with Gasteiger partial charge in [-0.1, -0.05) is 6.92 Å². The third-order valence-corrected chi connectivity index (χ3v) is 5.31. The molecule has 0 aliphatic heterocycles. The van der Waals surface area contributed by atoms with Crippen LogP contribution in [0.2, 0.25) is 0 Å². The first-order chi connectivity index (χ1) is 8.50. The Labute approximate surface area is 117 Å². The molecule has 6 heteroatoms. The van der Waals surface area contributed by atoms with Crippen molar-refractivity contribution in [3.63, 3.8) is 0 Å². The zero-order valence-electron chi connectivity index (χ0n) is 10.7. The summed E-state index contributed by atoms with van der Waals surface area (Å²) in [7, 11) is -1.01. The van der Waals surface area contributed by atoms with Gasteiger partial charge in [0, 0.05) is 16.4 Å². The molecule has 1 unspecified atom stereocenters. The van der Waals surface area contributed by atoms with Crippen LogP contribution in [0.15, 0.2) is 22.8 Å². The molecular formula is C12H19BrN2O2S. The molecule has 0 aliphatic carbocycles. The topological polar surface area (TPSA) is 59.1 Å². The van der Waals surface area contributed by atoms with Crippen molar-refractivity contribution in [2.24, 2.45) is 0 Å². The van der Waals surface area contributed by atoms with E-state index < -0.39 is 9.84 Å². The van der Waals surface area contributed by atoms with Crippen molar-refractivity contribution in [2.45, 2.75) is 25.8 Å². The lowest BCUT2D eigenvalue weighted by Crippen LogP contribution is -2.19. The third-order valence-electron chi connectivity index (χ3n) is 2.85. The number of rotatable bonds is 7. The summed E-state index contributed by atoms with van der Waals surface area (Å²) in [5.41, 5.74) is 0.925. The number of pyridine rings is 1. The zero-order valence-corrected chi connectivity index (χ0v) is 13.1. The number of halogens is 1. The predicted octanol–water partition coefficient (Wildman–Crippen LogP) is 2.32. The lowest BCUT2D eigenvalue weighted by atomic mass is 10.1. The molecule has 1 aromatic heterocycles. The molecule has 4 nitrogen and oxygen atoms in total. The minimum atomic E-state index is -2.88. The molecule has 18 heavy (non-hydrogen) atoms. The van der Waals surface area contributed by atoms with Crippen LogP contribution in [-0.4, -0.2) is 32.0 Å². The highest BCUT2D eigenvalue weighted by atomic mass is 79.9. The van der Waals surface area contributed by atoms with Gasteiger partial charge in [0.1, 0.15) is 9.84 Å². The summed E-state index contributed by atoms with van der Waals surface area (Å²) < 4.78 is 23.8. The molecule has 1 N–H and O–H groups in total. The monoisotopic (exact) mass is 334 g/mol. The molecule has 0 saturated carbocycles. The summed E-state index contributed by atoms with van der Waals surface area (Å²) in [5.74, 6) is 0.455. The van der Waals surface area contributed by atoms with Gasteiger partial charge in [0.2, 0.25) is 0 Å². The molecule has 1 aromatic rings. The molecule has 0 saturated heterocycles. The minimum Gasteiger partial charge on any atom is -0.312 e. The SMILES string of the molecule is CCS(=O)(=O)CCCC(NC)c1ncccc1Br. The number of aromatic nitrogens is 1. The van der Waals surface area contributed by atoms with Gasteiger partial charge in [-0.25, -0.2) is 8.42 Å². The van der Waals surface area contributed by atoms with Crippen LogP contribution in [0.5, 0.6) is 0 Å². The highest BCUT2D eigenvalue weighted by Gasteiger charge is 2.15. The van der Waals surface area contributed by atoms with E-state index >= 15 is 0 Å². The largest absolute Gasteiger partial charge is 0.312 e. The number of sulfone groups is 1. The average Bonchev–Trinajstić information content (AvgIpc) is 2.36. The fourth-order valence-electron chi connectivity index (χ4n) is 1.72. The molecule has 1 rings (SSSR count). The van der Waals surface area contributed by atoms with Crippen LogP contribution in [0, 0.1) is 0 Å². The van der Waals surface area contributed by atoms with Crippen molar-refractivity contribution in [1.29, 1.82) is 0 Å². The van der Waals surface area contributed by atoms with Crippen molar-refractivity contribution in [1.82, 2.24) is 10.3 Å². The van der Waals surface area contributed by atoms with E-state index in [4.69, 9.17) is 0 Å². The Morgan fingerprint density at radius 1 is 1.50 bits per heavy atom. The van der Waals surface area contributed by atoms with E-state index in [1.165, 1.54) is 0 Å². The van der Waals surface area contributed by atoms with Gasteiger partial charge in [-0.2, -0.15) is 0 Å². The maximum atomic E-state index is 11.4. The van der Waals surface area contributed by atoms with Crippen molar-refractivity contribution in [2.75, 3.05) is 18.6 Å². The molecule has 0 radical (unpaired) electrons. The van der Waals surface area contributed by atoms with Crippen molar-refractivity contribution < 1.29 is 8.42 Å². The average molecular weight is 335 g/mol. The second-order valence-corrected chi connectivity index (χ2v) is 7.42. The Morgan fingerprint density at radius 3 is 2.78 bits per heavy atom. The molecule has 102 valence electrons. The van der Waals surface area contributed by atoms with E-state index in [0.29, 0.717) is 6.42 Å². The van der Waals surface area contributed by atoms with Crippen LogP contribution in [0.4, 0.5) is 0 Å². The fraction of sp³-hybridized carbons (Fsp3) is 0.583. The van der Waals surface area contributed by atoms with E-state index in [-0.39, 0.29) is 17.5 Å². The number of nitrogens with zero attached hydrogens (tertiary/aromatic N) is 1. The maximum Gasteiger partial charge on any atom is 0.150 e. The van der Waals surface area contributed by atoms with Crippen LogP contribution in [0.25, 0.3) is 0 Å². The van der Waals surface area contributed by atoms with E-state index in [2.05, 4.69) is 26.2 Å². The quantitative estimate of drug-likeness (QED) is 0.831. The molecule has 0 spiro atoms. The Hall–Kier alpha value is -0.460. The van der Waals surface area contributed by atoms with Gasteiger partial charge in [-0.3, -0.25) is 4.98 Å². The van der Waals surface area contributed by atoms with Crippen LogP contribution >= 0.6 is 15.9 Å². The summed E-state index contributed by atoms with van der Waals surface area (Å²) in [4.78, 5) is 4.33. The zero-order chi connectivity index (χ0) is 13.6. The van der Waals surface area contributed by atoms with Crippen molar-refractivity contribution >= 4 is 25.8 Å². The van der Waals surface area contributed by atoms with Crippen LogP contribution in [0.3, 0.4) is 0 Å². The smallest absolute Gasteiger partial charge is 0.150 e. The van der Waals surface area contributed by atoms with Gasteiger partial charge in [0.05, 0.1) is 17.5 Å². The lowest BCUT2D eigenvalue weighted by molar-refractivity contribution is 0.522. The molecule has 0 aliphatic rings. The minimum absolute atomic E-state index is 0.0765. The number of hydrogen-bond donors (Lipinski definition) is 1. The highest BCUT2D eigenvalue weighted by molar-refractivity contribution is 9.10. The standard InChI is InChI=1S/C12H19BrN2O2S/c1-3-18(16,17)9-5-7-11(14-2)12-10(13)6-4-8-15-12/h4,6,8,11,14H,3,5,7,9H2,1-2H3. The number of nitrogens with one attached hydrogen (secondary N) is 1. The molecule has 0 aromatic carbocycles. The third kappa shape index (κ3) is 4.66. The van der Waals surface area contributed by atoms with E-state index in [0.717, 1.165) is 16.6 Å². The fourth-order valence-corrected chi connectivity index (χ4v) is 3.15. The molecule has 0 fully saturated rings. The van der Waals surface area contributed by atoms with Crippen LogP contribution < -0.4 is 5.32 Å². The first-order valence-corrected chi connectivity index (χ1v) is 8.59. The second kappa shape index (κ2) is 7.21. The Balaban J connectivity index is 2.61. The summed E-state index contributed by atoms with van der Waals surface area (Å²) in [6, 6.07) is 3.88. The Kier molecular flexibility index (Phi) is 6.25. The summed E-state index contributed by atoms with van der Waals surface area (Å²) in [6.45, 7) is 1.68. The summed E-state index contributed by atoms with van der Waals surface area (Å²) >= 11 is 3.46. The van der Waals surface area contributed by atoms with E-state index in [9.17, 15) is 8.42 Å². The lowest BCUT2D eigenvalue weighted by Gasteiger charge is -2.16. The van der Waals surface area contributed by atoms with E-state index in [1.807, 2.05) is 19.2 Å². The van der Waals surface area contributed by atoms with Gasteiger partial charge >= 0.3 is 0 Å². The molecule has 1 heterocycles. The maximum absolute atomic E-state index is 11.4. The van der Waals surface area contributed by atoms with E-state index in [1.54, 1.807) is 13.1 Å². The van der Waals surface area contributed by atoms with Crippen LogP contribution in [-0.2, 0) is 9.84 Å². The van der Waals surface area contributed by atoms with Gasteiger partial charge < -0.3 is 5.32 Å². The summed E-state index contributed by atoms with van der Waals surface area (Å²) in [5, 5.41) is 3.18. The molecular weight excluding hydrogens is 316 g/mol. The van der Waals surface area contributed by atoms with Gasteiger partial charge in [0.25, 0.3) is 0 Å². The highest BCUT2D eigenvalue weighted by Crippen LogP contribution is 2.24. The molecule has 1 atom stereocenters. The van der Waals surface area contributed by atoms with Crippen LogP contribution in [0.1, 0.15) is 31.5 Å². The predicted molar refractivity (Wildman–Crippen MR) is 77.3 cm³/mol. The van der Waals surface area contributed by atoms with Gasteiger partial charge in [0.15, 0.2) is 0 Å². The number of hydrogen-bond acceptors (Lipinski definition) is 4. The Morgan fingerprint density at radius 2 is 2.22 bits per heavy atom. The first kappa shape index (κ1) is 15.6. The summed E-state index contributed by atoms with van der Waals surface area (Å²) in [6.07, 6.45) is 3.14. The molecule has 0 bridgehead atoms. The van der Waals surface area contributed by atoms with Crippen molar-refractivity contribution in [3.8, 4) is 0 Å². The first-order valence-electron chi connectivity index (χ1n) is 5.98. The normalized spacial score (nSPS) is 13.5. The van der Waals surface area contributed by atoms with Gasteiger partial charge in [-0.15, -0.1) is 0 Å². The van der Waals surface area contributed by atoms with Gasteiger partial charge in [-0.05, 0) is 48.0 Å². The second-order valence-electron chi connectivity index (χ2n) is 4.09. The van der Waals surface area contributed by atoms with Crippen molar-refractivity contribution in [3.05, 3.63) is 28.5 Å². The Bertz CT molecular complexity index is 477. The molecule has 0 amide bonds.